The Labute approximate surface area is 35.0 Å². The Morgan fingerprint density at radius 2 is 2.00 bits per heavy atom. The van der Waals surface area contributed by atoms with Gasteiger partial charge in [0.15, 0.2) is 0 Å². The summed E-state index contributed by atoms with van der Waals surface area (Å²) in [6.45, 7) is 4.07. The molecular formula is C4H9B. The van der Waals surface area contributed by atoms with Gasteiger partial charge in [0.05, 0.1) is 7.85 Å². The van der Waals surface area contributed by atoms with E-state index in [2.05, 4.69) is 6.92 Å². The highest BCUT2D eigenvalue weighted by atomic mass is 13.8. The molecule has 0 aliphatic heterocycles. The van der Waals surface area contributed by atoms with Gasteiger partial charge >= 0.3 is 0 Å². The van der Waals surface area contributed by atoms with Crippen LogP contribution in [0.3, 0.4) is 0 Å². The molecule has 0 bridgehead atoms. The summed E-state index contributed by atoms with van der Waals surface area (Å²) in [4.78, 5) is 0. The van der Waals surface area contributed by atoms with Crippen molar-refractivity contribution in [2.75, 3.05) is 0 Å². The van der Waals surface area contributed by atoms with Crippen LogP contribution in [-0.4, -0.2) is 7.85 Å². The summed E-state index contributed by atoms with van der Waals surface area (Å²) in [6.07, 6.45) is 1.08. The van der Waals surface area contributed by atoms with Gasteiger partial charge < -0.3 is 0 Å². The Morgan fingerprint density at radius 1 is 1.80 bits per heavy atom. The second-order valence-corrected chi connectivity index (χ2v) is 1.39. The first-order valence-electron chi connectivity index (χ1n) is 2.03. The van der Waals surface area contributed by atoms with Crippen molar-refractivity contribution in [1.82, 2.24) is 0 Å². The van der Waals surface area contributed by atoms with Gasteiger partial charge in [0.25, 0.3) is 0 Å². The lowest BCUT2D eigenvalue weighted by Crippen LogP contribution is -1.76. The van der Waals surface area contributed by atoms with E-state index in [4.69, 9.17) is 7.85 Å². The first-order chi connectivity index (χ1) is 2.27. The second-order valence-electron chi connectivity index (χ2n) is 1.39. The molecule has 0 rings (SSSR count). The van der Waals surface area contributed by atoms with Crippen molar-refractivity contribution in [3.63, 3.8) is 0 Å². The van der Waals surface area contributed by atoms with Crippen molar-refractivity contribution in [2.45, 2.75) is 26.1 Å². The van der Waals surface area contributed by atoms with E-state index in [9.17, 15) is 0 Å². The van der Waals surface area contributed by atoms with Gasteiger partial charge in [-0.2, -0.15) is 0 Å². The largest absolute Gasteiger partial charge is 0.0804 e. The highest BCUT2D eigenvalue weighted by Gasteiger charge is 1.80. The maximum atomic E-state index is 5.29. The quantitative estimate of drug-likeness (QED) is 0.407. The van der Waals surface area contributed by atoms with Gasteiger partial charge in [-0.25, -0.2) is 0 Å². The number of hydrogen-bond acceptors (Lipinski definition) is 0. The lowest BCUT2D eigenvalue weighted by Gasteiger charge is -1.90. The van der Waals surface area contributed by atoms with Gasteiger partial charge in [-0.15, -0.1) is 0 Å². The molecule has 1 atom stereocenters. The van der Waals surface area contributed by atoms with Crippen LogP contribution >= 0.6 is 0 Å². The fourth-order valence-corrected chi connectivity index (χ4v) is 0. The fraction of sp³-hybridized carbons (Fsp3) is 1.00. The van der Waals surface area contributed by atoms with E-state index < -0.39 is 0 Å². The van der Waals surface area contributed by atoms with Crippen molar-refractivity contribution < 1.29 is 0 Å². The van der Waals surface area contributed by atoms with Gasteiger partial charge in [0.1, 0.15) is 0 Å². The SMILES string of the molecule is [B][C@H](C)CC. The molecule has 0 unspecified atom stereocenters. The van der Waals surface area contributed by atoms with Crippen LogP contribution in [0.2, 0.25) is 5.82 Å². The lowest BCUT2D eigenvalue weighted by molar-refractivity contribution is 0.880. The lowest BCUT2D eigenvalue weighted by atomic mass is 9.88. The zero-order chi connectivity index (χ0) is 4.28. The van der Waals surface area contributed by atoms with Crippen molar-refractivity contribution in [1.29, 1.82) is 0 Å². The first-order valence-corrected chi connectivity index (χ1v) is 2.03. The number of hydrogen-bond donors (Lipinski definition) is 0. The minimum Gasteiger partial charge on any atom is -0.0804 e. The number of rotatable bonds is 1. The highest BCUT2D eigenvalue weighted by molar-refractivity contribution is 6.11. The van der Waals surface area contributed by atoms with Crippen LogP contribution in [0.4, 0.5) is 0 Å². The van der Waals surface area contributed by atoms with E-state index in [1.807, 2.05) is 6.92 Å². The average Bonchev–Trinajstić information content (AvgIpc) is 1.38. The summed E-state index contributed by atoms with van der Waals surface area (Å²) >= 11 is 0. The van der Waals surface area contributed by atoms with Crippen molar-refractivity contribution in [3.05, 3.63) is 0 Å². The molecule has 0 saturated carbocycles. The van der Waals surface area contributed by atoms with Crippen molar-refractivity contribution >= 4 is 7.85 Å². The first kappa shape index (κ1) is 5.06. The average molecular weight is 67.9 g/mol. The molecule has 0 nitrogen and oxygen atoms in total. The van der Waals surface area contributed by atoms with Crippen molar-refractivity contribution in [3.8, 4) is 0 Å². The summed E-state index contributed by atoms with van der Waals surface area (Å²) < 4.78 is 0. The zero-order valence-corrected chi connectivity index (χ0v) is 3.86. The Kier molecular flexibility index (Phi) is 2.34. The Hall–Kier alpha value is 0.0649. The predicted molar refractivity (Wildman–Crippen MR) is 25.5 cm³/mol. The van der Waals surface area contributed by atoms with E-state index in [1.54, 1.807) is 0 Å². The molecule has 0 spiro atoms. The standard InChI is InChI=1S/C4H9B/c1-3-4(2)5/h4H,3H2,1-2H3/t4-/m1/s1. The summed E-state index contributed by atoms with van der Waals surface area (Å²) in [5, 5.41) is 0. The molecule has 0 aliphatic carbocycles. The second kappa shape index (κ2) is 2.31. The van der Waals surface area contributed by atoms with Crippen LogP contribution in [0.1, 0.15) is 20.3 Å². The minimum atomic E-state index is 0.384. The molecule has 0 saturated heterocycles. The van der Waals surface area contributed by atoms with E-state index in [-0.39, 0.29) is 0 Å². The van der Waals surface area contributed by atoms with Crippen LogP contribution in [0.25, 0.3) is 0 Å². The maximum absolute atomic E-state index is 5.29. The molecule has 0 N–H and O–H groups in total. The Morgan fingerprint density at radius 3 is 2.00 bits per heavy atom. The topological polar surface area (TPSA) is 0 Å². The maximum Gasteiger partial charge on any atom is 0.0695 e. The monoisotopic (exact) mass is 68.1 g/mol. The van der Waals surface area contributed by atoms with E-state index >= 15 is 0 Å². The fourth-order valence-electron chi connectivity index (χ4n) is 0. The molecular weight excluding hydrogens is 58.9 g/mol. The predicted octanol–water partition coefficient (Wildman–Crippen LogP) is 1.37. The third-order valence-electron chi connectivity index (χ3n) is 0.644. The van der Waals surface area contributed by atoms with Gasteiger partial charge in [-0.1, -0.05) is 26.1 Å². The molecule has 28 valence electrons. The van der Waals surface area contributed by atoms with Crippen LogP contribution in [0, 0.1) is 0 Å². The van der Waals surface area contributed by atoms with Gasteiger partial charge in [-0.3, -0.25) is 0 Å². The molecule has 5 heavy (non-hydrogen) atoms. The van der Waals surface area contributed by atoms with Gasteiger partial charge in [0.2, 0.25) is 0 Å². The molecule has 0 heterocycles. The minimum absolute atomic E-state index is 0.384. The van der Waals surface area contributed by atoms with Gasteiger partial charge in [0, 0.05) is 0 Å². The smallest absolute Gasteiger partial charge is 0.0695 e. The van der Waals surface area contributed by atoms with E-state index in [0.717, 1.165) is 6.42 Å². The Bertz CT molecular complexity index is 17.6. The summed E-state index contributed by atoms with van der Waals surface area (Å²) in [5.41, 5.74) is 0. The third kappa shape index (κ3) is 4.06. The summed E-state index contributed by atoms with van der Waals surface area (Å²) in [7, 11) is 5.29. The molecule has 0 aromatic heterocycles. The zero-order valence-electron chi connectivity index (χ0n) is 3.86. The molecule has 2 radical (unpaired) electrons. The van der Waals surface area contributed by atoms with E-state index in [0.29, 0.717) is 5.82 Å². The molecule has 0 aromatic carbocycles. The molecule has 0 aromatic rings. The van der Waals surface area contributed by atoms with Gasteiger partial charge in [-0.05, 0) is 0 Å². The summed E-state index contributed by atoms with van der Waals surface area (Å²) in [5.74, 6) is 0.384. The van der Waals surface area contributed by atoms with Crippen LogP contribution in [0.5, 0.6) is 0 Å². The molecule has 1 heteroatoms. The normalized spacial score (nSPS) is 14.8. The summed E-state index contributed by atoms with van der Waals surface area (Å²) in [6, 6.07) is 0. The van der Waals surface area contributed by atoms with Crippen LogP contribution in [0.15, 0.2) is 0 Å². The van der Waals surface area contributed by atoms with Crippen LogP contribution < -0.4 is 0 Å². The Balaban J connectivity index is 2.54. The highest BCUT2D eigenvalue weighted by Crippen LogP contribution is 1.97. The molecule has 0 amide bonds. The van der Waals surface area contributed by atoms with Crippen LogP contribution in [-0.2, 0) is 0 Å². The van der Waals surface area contributed by atoms with Crippen molar-refractivity contribution in [2.24, 2.45) is 0 Å². The molecule has 0 fully saturated rings. The molecule has 0 aliphatic rings. The third-order valence-corrected chi connectivity index (χ3v) is 0.644. The van der Waals surface area contributed by atoms with E-state index in [1.165, 1.54) is 0 Å².